The molecule has 0 aromatic heterocycles. The van der Waals surface area contributed by atoms with Crippen molar-refractivity contribution in [1.82, 2.24) is 9.96 Å². The van der Waals surface area contributed by atoms with E-state index in [2.05, 4.69) is 0 Å². The van der Waals surface area contributed by atoms with Gasteiger partial charge in [0.25, 0.3) is 0 Å². The minimum absolute atomic E-state index is 0.0632. The summed E-state index contributed by atoms with van der Waals surface area (Å²) >= 11 is 0. The van der Waals surface area contributed by atoms with Gasteiger partial charge in [0.1, 0.15) is 6.04 Å². The maximum absolute atomic E-state index is 12.9. The highest BCUT2D eigenvalue weighted by Crippen LogP contribution is 2.30. The van der Waals surface area contributed by atoms with Gasteiger partial charge in [-0.15, -0.1) is 0 Å². The molecule has 4 heteroatoms. The molecule has 0 aliphatic heterocycles. The summed E-state index contributed by atoms with van der Waals surface area (Å²) < 4.78 is 0. The van der Waals surface area contributed by atoms with Crippen molar-refractivity contribution in [1.29, 1.82) is 0 Å². The number of aryl methyl sites for hydroxylation is 1. The molecule has 0 aliphatic rings. The Morgan fingerprint density at radius 2 is 1.71 bits per heavy atom. The van der Waals surface area contributed by atoms with Gasteiger partial charge in [-0.25, -0.2) is 0 Å². The molecular formula is C17H28N2O2. The zero-order chi connectivity index (χ0) is 16.2. The van der Waals surface area contributed by atoms with Crippen molar-refractivity contribution in [2.45, 2.75) is 53.1 Å². The predicted octanol–water partition coefficient (Wildman–Crippen LogP) is 3.39. The van der Waals surface area contributed by atoms with Crippen molar-refractivity contribution < 1.29 is 10.0 Å². The molecule has 0 saturated carbocycles. The van der Waals surface area contributed by atoms with Crippen molar-refractivity contribution in [2.24, 2.45) is 0 Å². The molecule has 0 aliphatic carbocycles. The van der Waals surface area contributed by atoms with E-state index in [1.54, 1.807) is 4.90 Å². The Kier molecular flexibility index (Phi) is 5.93. The molecule has 0 radical (unpaired) electrons. The van der Waals surface area contributed by atoms with Gasteiger partial charge in [-0.05, 0) is 52.7 Å². The Bertz CT molecular complexity index is 476. The summed E-state index contributed by atoms with van der Waals surface area (Å²) in [7, 11) is 0. The first-order valence-electron chi connectivity index (χ1n) is 7.56. The maximum atomic E-state index is 12.9. The zero-order valence-electron chi connectivity index (χ0n) is 14.1. The van der Waals surface area contributed by atoms with Gasteiger partial charge in [0.05, 0.1) is 0 Å². The average molecular weight is 292 g/mol. The third-order valence-electron chi connectivity index (χ3n) is 3.72. The van der Waals surface area contributed by atoms with Gasteiger partial charge >= 0.3 is 0 Å². The quantitative estimate of drug-likeness (QED) is 0.846. The summed E-state index contributed by atoms with van der Waals surface area (Å²) in [5, 5.41) is 11.8. The van der Waals surface area contributed by atoms with E-state index in [0.29, 0.717) is 13.1 Å². The second-order valence-corrected chi connectivity index (χ2v) is 6.29. The normalized spacial score (nSPS) is 13.3. The third-order valence-corrected chi connectivity index (χ3v) is 3.72. The van der Waals surface area contributed by atoms with Crippen molar-refractivity contribution >= 4 is 5.91 Å². The fraction of sp³-hybridized carbons (Fsp3) is 0.588. The molecule has 4 nitrogen and oxygen atoms in total. The predicted molar refractivity (Wildman–Crippen MR) is 85.2 cm³/mol. The Morgan fingerprint density at radius 1 is 1.19 bits per heavy atom. The van der Waals surface area contributed by atoms with Crippen molar-refractivity contribution in [3.8, 4) is 0 Å². The van der Waals surface area contributed by atoms with Crippen LogP contribution in [-0.4, -0.2) is 39.7 Å². The number of nitrogens with zero attached hydrogens (tertiary/aromatic N) is 2. The van der Waals surface area contributed by atoms with Gasteiger partial charge < -0.3 is 10.1 Å². The van der Waals surface area contributed by atoms with E-state index in [1.807, 2.05) is 65.8 Å². The van der Waals surface area contributed by atoms with Crippen LogP contribution in [0.5, 0.6) is 0 Å². The first-order valence-corrected chi connectivity index (χ1v) is 7.56. The number of carbonyl (C=O) groups excluding carboxylic acids is 1. The molecule has 1 unspecified atom stereocenters. The summed E-state index contributed by atoms with van der Waals surface area (Å²) in [6, 6.07) is 7.05. The Morgan fingerprint density at radius 3 is 2.14 bits per heavy atom. The number of benzene rings is 1. The van der Waals surface area contributed by atoms with Crippen LogP contribution < -0.4 is 0 Å². The molecule has 1 aromatic carbocycles. The van der Waals surface area contributed by atoms with Crippen LogP contribution in [0.15, 0.2) is 24.3 Å². The van der Waals surface area contributed by atoms with Crippen LogP contribution in [0.1, 0.15) is 51.8 Å². The first kappa shape index (κ1) is 17.7. The summed E-state index contributed by atoms with van der Waals surface area (Å²) in [4.78, 5) is 14.6. The van der Waals surface area contributed by atoms with Gasteiger partial charge in [-0.3, -0.25) is 4.79 Å². The van der Waals surface area contributed by atoms with Gasteiger partial charge in [0, 0.05) is 18.6 Å². The lowest BCUT2D eigenvalue weighted by Crippen LogP contribution is -2.49. The second kappa shape index (κ2) is 7.05. The molecule has 21 heavy (non-hydrogen) atoms. The van der Waals surface area contributed by atoms with E-state index in [4.69, 9.17) is 0 Å². The number of hydroxylamine groups is 2. The number of hydrogen-bond acceptors (Lipinski definition) is 3. The van der Waals surface area contributed by atoms with E-state index >= 15 is 0 Å². The largest absolute Gasteiger partial charge is 0.342 e. The summed E-state index contributed by atoms with van der Waals surface area (Å²) in [5.41, 5.74) is 1.34. The first-order chi connectivity index (χ1) is 9.73. The standard InChI is InChI=1S/C17H28N2O2/c1-7-18(8-2)16(20)15(19(21)17(4,5)6)14-12-10-9-11-13(14)3/h9-12,15,21H,7-8H2,1-6H3. The van der Waals surface area contributed by atoms with Crippen molar-refractivity contribution in [3.63, 3.8) is 0 Å². The van der Waals surface area contributed by atoms with E-state index in [9.17, 15) is 10.0 Å². The number of rotatable bonds is 5. The van der Waals surface area contributed by atoms with E-state index < -0.39 is 11.6 Å². The van der Waals surface area contributed by atoms with Crippen LogP contribution in [0.3, 0.4) is 0 Å². The highest BCUT2D eigenvalue weighted by molar-refractivity contribution is 5.83. The second-order valence-electron chi connectivity index (χ2n) is 6.29. The zero-order valence-corrected chi connectivity index (χ0v) is 14.1. The fourth-order valence-electron chi connectivity index (χ4n) is 2.36. The minimum Gasteiger partial charge on any atom is -0.342 e. The van der Waals surface area contributed by atoms with Crippen LogP contribution in [0.4, 0.5) is 0 Å². The molecule has 1 aromatic rings. The third kappa shape index (κ3) is 4.05. The highest BCUT2D eigenvalue weighted by Gasteiger charge is 2.36. The molecule has 0 spiro atoms. The molecule has 0 bridgehead atoms. The number of amides is 1. The van der Waals surface area contributed by atoms with E-state index in [-0.39, 0.29) is 5.91 Å². The lowest BCUT2D eigenvalue weighted by molar-refractivity contribution is -0.199. The van der Waals surface area contributed by atoms with Crippen molar-refractivity contribution in [3.05, 3.63) is 35.4 Å². The Labute approximate surface area is 128 Å². The highest BCUT2D eigenvalue weighted by atomic mass is 16.5. The summed E-state index contributed by atoms with van der Waals surface area (Å²) in [5.74, 6) is -0.0632. The molecule has 118 valence electrons. The monoisotopic (exact) mass is 292 g/mol. The molecule has 0 heterocycles. The van der Waals surface area contributed by atoms with Crippen LogP contribution in [0, 0.1) is 6.92 Å². The van der Waals surface area contributed by atoms with Crippen LogP contribution in [0.25, 0.3) is 0 Å². The number of hydrogen-bond donors (Lipinski definition) is 1. The topological polar surface area (TPSA) is 43.8 Å². The van der Waals surface area contributed by atoms with Crippen LogP contribution in [-0.2, 0) is 4.79 Å². The molecule has 1 atom stereocenters. The molecule has 0 saturated heterocycles. The van der Waals surface area contributed by atoms with Crippen LogP contribution in [0.2, 0.25) is 0 Å². The van der Waals surface area contributed by atoms with Gasteiger partial charge in [0.15, 0.2) is 0 Å². The SMILES string of the molecule is CCN(CC)C(=O)C(c1ccccc1C)N(O)C(C)(C)C. The average Bonchev–Trinajstić information content (AvgIpc) is 2.41. The Hall–Kier alpha value is -1.39. The number of carbonyl (C=O) groups is 1. The number of likely N-dealkylation sites (N-methyl/N-ethyl adjacent to an activating group) is 1. The van der Waals surface area contributed by atoms with Crippen molar-refractivity contribution in [2.75, 3.05) is 13.1 Å². The maximum Gasteiger partial charge on any atom is 0.246 e. The Balaban J connectivity index is 3.31. The lowest BCUT2D eigenvalue weighted by atomic mass is 9.96. The minimum atomic E-state index is -0.675. The van der Waals surface area contributed by atoms with Crippen LogP contribution >= 0.6 is 0 Å². The molecule has 0 fully saturated rings. The van der Waals surface area contributed by atoms with Gasteiger partial charge in [-0.2, -0.15) is 5.06 Å². The van der Waals surface area contributed by atoms with Gasteiger partial charge in [0.2, 0.25) is 5.91 Å². The smallest absolute Gasteiger partial charge is 0.246 e. The van der Waals surface area contributed by atoms with Gasteiger partial charge in [-0.1, -0.05) is 24.3 Å². The fourth-order valence-corrected chi connectivity index (χ4v) is 2.36. The molecular weight excluding hydrogens is 264 g/mol. The van der Waals surface area contributed by atoms with E-state index in [1.165, 1.54) is 5.06 Å². The molecule has 1 amide bonds. The van der Waals surface area contributed by atoms with E-state index in [0.717, 1.165) is 11.1 Å². The summed E-state index contributed by atoms with van der Waals surface area (Å²) in [6.07, 6.45) is 0. The molecule has 1 rings (SSSR count). The lowest BCUT2D eigenvalue weighted by Gasteiger charge is -2.38. The molecule has 1 N–H and O–H groups in total. The summed E-state index contributed by atoms with van der Waals surface area (Å²) in [6.45, 7) is 12.8.